The summed E-state index contributed by atoms with van der Waals surface area (Å²) in [4.78, 5) is 10.3. The van der Waals surface area contributed by atoms with Gasteiger partial charge in [0.25, 0.3) is 0 Å². The maximum Gasteiger partial charge on any atom is 0.108 e. The zero-order valence-corrected chi connectivity index (χ0v) is 8.92. The number of rotatable bonds is 3. The van der Waals surface area contributed by atoms with Gasteiger partial charge in [-0.15, -0.1) is 4.91 Å². The lowest BCUT2D eigenvalue weighted by Gasteiger charge is -2.07. The summed E-state index contributed by atoms with van der Waals surface area (Å²) in [6.07, 6.45) is 0. The average molecular weight is 223 g/mol. The summed E-state index contributed by atoms with van der Waals surface area (Å²) >= 11 is 0. The number of nitriles is 1. The molecule has 0 radical (unpaired) electrons. The van der Waals surface area contributed by atoms with E-state index in [1.54, 1.807) is 30.3 Å². The molecule has 0 aliphatic rings. The van der Waals surface area contributed by atoms with Gasteiger partial charge < -0.3 is 5.32 Å². The SMILES string of the molecule is N#Cc1ccccc1Nc1ccc(N=O)cc1. The number of nitrogens with zero attached hydrogens (tertiary/aromatic N) is 2. The van der Waals surface area contributed by atoms with Crippen LogP contribution in [0.25, 0.3) is 0 Å². The Kier molecular flexibility index (Phi) is 3.13. The number of para-hydroxylation sites is 1. The molecule has 17 heavy (non-hydrogen) atoms. The molecule has 0 unspecified atom stereocenters. The molecule has 2 aromatic carbocycles. The Bertz CT molecular complexity index is 570. The number of nitrogens with one attached hydrogen (secondary N) is 1. The van der Waals surface area contributed by atoms with E-state index < -0.39 is 0 Å². The molecular weight excluding hydrogens is 214 g/mol. The molecule has 82 valence electrons. The van der Waals surface area contributed by atoms with E-state index in [-0.39, 0.29) is 0 Å². The summed E-state index contributed by atoms with van der Waals surface area (Å²) in [7, 11) is 0. The second kappa shape index (κ2) is 4.90. The van der Waals surface area contributed by atoms with Crippen LogP contribution in [0.3, 0.4) is 0 Å². The van der Waals surface area contributed by atoms with Crippen molar-refractivity contribution >= 4 is 17.1 Å². The zero-order valence-electron chi connectivity index (χ0n) is 8.92. The van der Waals surface area contributed by atoms with Gasteiger partial charge >= 0.3 is 0 Å². The van der Waals surface area contributed by atoms with Gasteiger partial charge in [0.15, 0.2) is 0 Å². The van der Waals surface area contributed by atoms with Gasteiger partial charge in [0, 0.05) is 5.69 Å². The summed E-state index contributed by atoms with van der Waals surface area (Å²) in [5.41, 5.74) is 2.50. The van der Waals surface area contributed by atoms with Gasteiger partial charge in [-0.2, -0.15) is 5.26 Å². The number of benzene rings is 2. The lowest BCUT2D eigenvalue weighted by atomic mass is 10.2. The lowest BCUT2D eigenvalue weighted by Crippen LogP contribution is -1.92. The van der Waals surface area contributed by atoms with Crippen molar-refractivity contribution in [2.24, 2.45) is 5.18 Å². The summed E-state index contributed by atoms with van der Waals surface area (Å²) in [5.74, 6) is 0. The van der Waals surface area contributed by atoms with Crippen LogP contribution in [0.15, 0.2) is 53.7 Å². The molecule has 0 atom stereocenters. The van der Waals surface area contributed by atoms with Crippen LogP contribution in [0.4, 0.5) is 17.1 Å². The minimum atomic E-state index is 0.379. The van der Waals surface area contributed by atoms with E-state index in [2.05, 4.69) is 16.6 Å². The summed E-state index contributed by atoms with van der Waals surface area (Å²) in [5, 5.41) is 14.9. The number of hydrogen-bond acceptors (Lipinski definition) is 4. The molecule has 0 heterocycles. The van der Waals surface area contributed by atoms with Crippen molar-refractivity contribution in [3.05, 3.63) is 59.0 Å². The second-order valence-corrected chi connectivity index (χ2v) is 3.42. The van der Waals surface area contributed by atoms with Crippen LogP contribution in [0.5, 0.6) is 0 Å². The van der Waals surface area contributed by atoms with Crippen LogP contribution in [-0.4, -0.2) is 0 Å². The highest BCUT2D eigenvalue weighted by Crippen LogP contribution is 2.22. The number of anilines is 2. The second-order valence-electron chi connectivity index (χ2n) is 3.42. The summed E-state index contributed by atoms with van der Waals surface area (Å²) < 4.78 is 0. The van der Waals surface area contributed by atoms with Crippen LogP contribution in [0.1, 0.15) is 5.56 Å². The van der Waals surface area contributed by atoms with Gasteiger partial charge in [0.2, 0.25) is 0 Å². The maximum absolute atomic E-state index is 10.3. The molecule has 0 amide bonds. The average Bonchev–Trinajstić information content (AvgIpc) is 2.40. The molecule has 0 aromatic heterocycles. The van der Waals surface area contributed by atoms with Crippen LogP contribution in [0.2, 0.25) is 0 Å². The Hall–Kier alpha value is -2.67. The van der Waals surface area contributed by atoms with Crippen LogP contribution < -0.4 is 5.32 Å². The Morgan fingerprint density at radius 2 is 1.76 bits per heavy atom. The van der Waals surface area contributed by atoms with Crippen molar-refractivity contribution in [2.45, 2.75) is 0 Å². The van der Waals surface area contributed by atoms with Gasteiger partial charge in [0.05, 0.1) is 11.3 Å². The zero-order chi connectivity index (χ0) is 12.1. The molecule has 0 aliphatic heterocycles. The first-order chi connectivity index (χ1) is 8.33. The van der Waals surface area contributed by atoms with Crippen molar-refractivity contribution < 1.29 is 0 Å². The van der Waals surface area contributed by atoms with E-state index in [0.29, 0.717) is 11.3 Å². The van der Waals surface area contributed by atoms with Crippen molar-refractivity contribution in [3.63, 3.8) is 0 Å². The van der Waals surface area contributed by atoms with Crippen LogP contribution in [-0.2, 0) is 0 Å². The first kappa shape index (κ1) is 10.8. The molecule has 0 spiro atoms. The lowest BCUT2D eigenvalue weighted by molar-refractivity contribution is 1.45. The third kappa shape index (κ3) is 2.47. The fraction of sp³-hybridized carbons (Fsp3) is 0. The fourth-order valence-corrected chi connectivity index (χ4v) is 1.45. The first-order valence-corrected chi connectivity index (χ1v) is 5.03. The standard InChI is InChI=1S/C13H9N3O/c14-9-10-3-1-2-4-13(10)15-11-5-7-12(16-17)8-6-11/h1-8,15H. The van der Waals surface area contributed by atoms with Gasteiger partial charge in [0.1, 0.15) is 11.8 Å². The van der Waals surface area contributed by atoms with E-state index in [4.69, 9.17) is 5.26 Å². The molecule has 2 rings (SSSR count). The molecule has 0 saturated heterocycles. The third-order valence-electron chi connectivity index (χ3n) is 2.30. The first-order valence-electron chi connectivity index (χ1n) is 5.03. The van der Waals surface area contributed by atoms with Crippen molar-refractivity contribution in [3.8, 4) is 6.07 Å². The Balaban J connectivity index is 2.25. The highest BCUT2D eigenvalue weighted by Gasteiger charge is 2.00. The van der Waals surface area contributed by atoms with Gasteiger partial charge in [-0.1, -0.05) is 12.1 Å². The number of nitroso groups, excluding NO2 is 1. The van der Waals surface area contributed by atoms with Gasteiger partial charge in [-0.05, 0) is 41.6 Å². The largest absolute Gasteiger partial charge is 0.354 e. The highest BCUT2D eigenvalue weighted by molar-refractivity contribution is 5.67. The topological polar surface area (TPSA) is 65.2 Å². The Morgan fingerprint density at radius 3 is 2.41 bits per heavy atom. The Labute approximate surface area is 98.5 Å². The quantitative estimate of drug-likeness (QED) is 0.807. The molecule has 0 bridgehead atoms. The molecule has 0 fully saturated rings. The molecule has 2 aromatic rings. The molecule has 0 aliphatic carbocycles. The highest BCUT2D eigenvalue weighted by atomic mass is 16.3. The monoisotopic (exact) mass is 223 g/mol. The normalized spacial score (nSPS) is 9.35. The smallest absolute Gasteiger partial charge is 0.108 e. The summed E-state index contributed by atoms with van der Waals surface area (Å²) in [6, 6.07) is 16.0. The van der Waals surface area contributed by atoms with E-state index >= 15 is 0 Å². The van der Waals surface area contributed by atoms with E-state index in [1.807, 2.05) is 18.2 Å². The van der Waals surface area contributed by atoms with Crippen LogP contribution in [0, 0.1) is 16.2 Å². The molecule has 4 heteroatoms. The van der Waals surface area contributed by atoms with Gasteiger partial charge in [-0.3, -0.25) is 0 Å². The van der Waals surface area contributed by atoms with Crippen LogP contribution >= 0.6 is 0 Å². The van der Waals surface area contributed by atoms with E-state index in [0.717, 1.165) is 11.4 Å². The van der Waals surface area contributed by atoms with Crippen molar-refractivity contribution in [1.82, 2.24) is 0 Å². The van der Waals surface area contributed by atoms with Gasteiger partial charge in [-0.25, -0.2) is 0 Å². The number of hydrogen-bond donors (Lipinski definition) is 1. The van der Waals surface area contributed by atoms with Crippen molar-refractivity contribution in [1.29, 1.82) is 5.26 Å². The molecule has 4 nitrogen and oxygen atoms in total. The fourth-order valence-electron chi connectivity index (χ4n) is 1.45. The van der Waals surface area contributed by atoms with E-state index in [9.17, 15) is 4.91 Å². The van der Waals surface area contributed by atoms with E-state index in [1.165, 1.54) is 0 Å². The maximum atomic E-state index is 10.3. The Morgan fingerprint density at radius 1 is 1.06 bits per heavy atom. The molecule has 1 N–H and O–H groups in total. The summed E-state index contributed by atoms with van der Waals surface area (Å²) in [6.45, 7) is 0. The van der Waals surface area contributed by atoms with Crippen molar-refractivity contribution in [2.75, 3.05) is 5.32 Å². The predicted octanol–water partition coefficient (Wildman–Crippen LogP) is 3.70. The molecular formula is C13H9N3O. The minimum absolute atomic E-state index is 0.379. The minimum Gasteiger partial charge on any atom is -0.354 e. The third-order valence-corrected chi connectivity index (χ3v) is 2.30. The molecule has 0 saturated carbocycles. The predicted molar refractivity (Wildman–Crippen MR) is 66.3 cm³/mol.